The van der Waals surface area contributed by atoms with E-state index >= 15 is 0 Å². The molecule has 0 spiro atoms. The van der Waals surface area contributed by atoms with Gasteiger partial charge in [0.05, 0.1) is 27.7 Å². The number of rotatable bonds is 80. The first-order valence-electron chi connectivity index (χ1n) is 43.2. The lowest BCUT2D eigenvalue weighted by Crippen LogP contribution is -2.37. The normalized spacial score (nSPS) is 13.6. The van der Waals surface area contributed by atoms with Crippen LogP contribution in [0.2, 0.25) is 0 Å². The average Bonchev–Trinajstić information content (AvgIpc) is 0.916. The van der Waals surface area contributed by atoms with E-state index in [2.05, 4.69) is 135 Å². The number of carbonyl (C=O) groups is 2. The highest BCUT2D eigenvalue weighted by Gasteiger charge is 2.22. The third kappa shape index (κ3) is 85.3. The van der Waals surface area contributed by atoms with Crippen molar-refractivity contribution in [2.45, 2.75) is 405 Å². The van der Waals surface area contributed by atoms with E-state index in [9.17, 15) is 19.0 Å². The minimum Gasteiger partial charge on any atom is -0.756 e. The highest BCUT2D eigenvalue weighted by molar-refractivity contribution is 7.45. The molecule has 0 bridgehead atoms. The number of hydrogen-bond acceptors (Lipinski definition) is 8. The monoisotopic (exact) mass is 1440 g/mol. The Hall–Kier alpha value is -3.59. The van der Waals surface area contributed by atoms with Crippen LogP contribution in [0.4, 0.5) is 0 Å². The highest BCUT2D eigenvalue weighted by atomic mass is 31.2. The van der Waals surface area contributed by atoms with Crippen LogP contribution in [0.25, 0.3) is 0 Å². The third-order valence-electron chi connectivity index (χ3n) is 19.0. The van der Waals surface area contributed by atoms with Gasteiger partial charge < -0.3 is 27.9 Å². The first-order chi connectivity index (χ1) is 50.0. The third-order valence-corrected chi connectivity index (χ3v) is 19.9. The van der Waals surface area contributed by atoms with Gasteiger partial charge in [-0.25, -0.2) is 0 Å². The largest absolute Gasteiger partial charge is 0.756 e. The van der Waals surface area contributed by atoms with Crippen LogP contribution in [0.3, 0.4) is 0 Å². The predicted octanol–water partition coefficient (Wildman–Crippen LogP) is 28.7. The van der Waals surface area contributed by atoms with E-state index in [1.54, 1.807) is 0 Å². The molecule has 0 aliphatic rings. The molecule has 102 heavy (non-hydrogen) atoms. The molecule has 0 N–H and O–H groups in total. The summed E-state index contributed by atoms with van der Waals surface area (Å²) in [6, 6.07) is 0. The maximum Gasteiger partial charge on any atom is 0.306 e. The highest BCUT2D eigenvalue weighted by Crippen LogP contribution is 2.38. The molecular weight excluding hydrogens is 1280 g/mol. The number of carbonyl (C=O) groups excluding carboxylic acids is 2. The van der Waals surface area contributed by atoms with E-state index in [-0.39, 0.29) is 32.0 Å². The number of phosphoric acid groups is 1. The van der Waals surface area contributed by atoms with Gasteiger partial charge >= 0.3 is 11.9 Å². The van der Waals surface area contributed by atoms with E-state index in [1.807, 2.05) is 21.1 Å². The summed E-state index contributed by atoms with van der Waals surface area (Å²) >= 11 is 0. The van der Waals surface area contributed by atoms with Crippen molar-refractivity contribution < 1.29 is 42.1 Å². The number of hydrogen-bond donors (Lipinski definition) is 0. The zero-order valence-electron chi connectivity index (χ0n) is 67.5. The zero-order valence-corrected chi connectivity index (χ0v) is 68.4. The first kappa shape index (κ1) is 98.4. The fraction of sp³-hybridized carbons (Fsp3) is 0.761. The van der Waals surface area contributed by atoms with Crippen molar-refractivity contribution in [2.24, 2.45) is 0 Å². The van der Waals surface area contributed by atoms with Gasteiger partial charge in [0.1, 0.15) is 19.8 Å². The zero-order chi connectivity index (χ0) is 74.0. The number of ether oxygens (including phenoxy) is 2. The number of esters is 2. The van der Waals surface area contributed by atoms with Gasteiger partial charge in [0, 0.05) is 12.8 Å². The number of unbranched alkanes of at least 4 members (excludes halogenated alkanes) is 46. The van der Waals surface area contributed by atoms with Crippen molar-refractivity contribution in [1.29, 1.82) is 0 Å². The molecule has 0 fully saturated rings. The van der Waals surface area contributed by atoms with Crippen molar-refractivity contribution in [3.63, 3.8) is 0 Å². The van der Waals surface area contributed by atoms with E-state index in [1.165, 1.54) is 263 Å². The van der Waals surface area contributed by atoms with E-state index in [0.29, 0.717) is 17.4 Å². The van der Waals surface area contributed by atoms with Gasteiger partial charge in [0.15, 0.2) is 6.10 Å². The predicted molar refractivity (Wildman–Crippen MR) is 443 cm³/mol. The second kappa shape index (κ2) is 81.5. The van der Waals surface area contributed by atoms with Crippen LogP contribution in [0.5, 0.6) is 0 Å². The molecule has 0 saturated carbocycles. The Morgan fingerprint density at radius 2 is 0.529 bits per heavy atom. The molecule has 0 aliphatic carbocycles. The van der Waals surface area contributed by atoms with Crippen LogP contribution in [0.15, 0.2) is 122 Å². The fourth-order valence-electron chi connectivity index (χ4n) is 12.5. The quantitative estimate of drug-likeness (QED) is 0.0195. The molecule has 0 aliphatic heterocycles. The molecule has 0 rings (SSSR count). The summed E-state index contributed by atoms with van der Waals surface area (Å²) in [5.41, 5.74) is 0. The van der Waals surface area contributed by atoms with Crippen LogP contribution < -0.4 is 4.89 Å². The Bertz CT molecular complexity index is 2140. The van der Waals surface area contributed by atoms with Crippen LogP contribution in [-0.2, 0) is 32.7 Å². The van der Waals surface area contributed by atoms with E-state index < -0.39 is 26.5 Å². The van der Waals surface area contributed by atoms with Crippen molar-refractivity contribution in [3.05, 3.63) is 122 Å². The summed E-state index contributed by atoms with van der Waals surface area (Å²) in [5, 5.41) is 0. The minimum atomic E-state index is -4.65. The lowest BCUT2D eigenvalue weighted by Gasteiger charge is -2.28. The fourth-order valence-corrected chi connectivity index (χ4v) is 13.2. The molecule has 0 aromatic rings. The summed E-state index contributed by atoms with van der Waals surface area (Å²) in [4.78, 5) is 38.3. The molecule has 2 atom stereocenters. The molecule has 590 valence electrons. The van der Waals surface area contributed by atoms with Gasteiger partial charge in [-0.15, -0.1) is 0 Å². The Kier molecular flexibility index (Phi) is 78.6. The molecule has 2 unspecified atom stereocenters. The first-order valence-corrected chi connectivity index (χ1v) is 44.7. The number of nitrogens with zero attached hydrogens (tertiary/aromatic N) is 1. The summed E-state index contributed by atoms with van der Waals surface area (Å²) < 4.78 is 34.5. The van der Waals surface area contributed by atoms with Gasteiger partial charge in [-0.3, -0.25) is 14.2 Å². The van der Waals surface area contributed by atoms with Crippen molar-refractivity contribution >= 4 is 19.8 Å². The van der Waals surface area contributed by atoms with Gasteiger partial charge in [-0.1, -0.05) is 405 Å². The van der Waals surface area contributed by atoms with Crippen LogP contribution in [0, 0.1) is 0 Å². The van der Waals surface area contributed by atoms with E-state index in [0.717, 1.165) is 103 Å². The Morgan fingerprint density at radius 3 is 0.784 bits per heavy atom. The maximum absolute atomic E-state index is 12.9. The average molecular weight is 1440 g/mol. The Morgan fingerprint density at radius 1 is 0.304 bits per heavy atom. The number of phosphoric ester groups is 1. The Labute approximate surface area is 632 Å². The van der Waals surface area contributed by atoms with Gasteiger partial charge in [0.25, 0.3) is 7.82 Å². The van der Waals surface area contributed by atoms with Gasteiger partial charge in [-0.05, 0) is 103 Å². The summed E-state index contributed by atoms with van der Waals surface area (Å²) in [6.45, 7) is 4.07. The van der Waals surface area contributed by atoms with Crippen molar-refractivity contribution in [1.82, 2.24) is 0 Å². The van der Waals surface area contributed by atoms with Crippen LogP contribution >= 0.6 is 7.82 Å². The lowest BCUT2D eigenvalue weighted by molar-refractivity contribution is -0.870. The van der Waals surface area contributed by atoms with Crippen LogP contribution in [0.1, 0.15) is 399 Å². The van der Waals surface area contributed by atoms with Gasteiger partial charge in [-0.2, -0.15) is 0 Å². The molecule has 0 heterocycles. The molecular formula is C92H164NO8P. The SMILES string of the molecule is CC/C=C\C/C=C\C/C=C\C/C=C\C/C=C\C/C=C\CCCCCCCCCCCCCCCCCCCCCCCCC(=O)OC(COC(=O)CCCCCCCCCCCCCCCCCCCCCCCCCC/C=C\C/C=C\C/C=C\C/C=C\CC)COP(=O)([O-])OCC[N+](C)(C)C. The molecule has 9 nitrogen and oxygen atoms in total. The second-order valence-electron chi connectivity index (χ2n) is 30.1. The summed E-state index contributed by atoms with van der Waals surface area (Å²) in [6.07, 6.45) is 118. The van der Waals surface area contributed by atoms with E-state index in [4.69, 9.17) is 18.5 Å². The molecule has 0 aromatic carbocycles. The van der Waals surface area contributed by atoms with Crippen molar-refractivity contribution in [2.75, 3.05) is 47.5 Å². The molecule has 0 radical (unpaired) electrons. The molecule has 0 aromatic heterocycles. The lowest BCUT2D eigenvalue weighted by atomic mass is 10.0. The molecule has 0 amide bonds. The maximum atomic E-state index is 12.9. The minimum absolute atomic E-state index is 0.0307. The number of allylic oxidation sites excluding steroid dienone is 20. The number of likely N-dealkylation sites (N-methyl/N-ethyl adjacent to an activating group) is 1. The number of quaternary nitrogens is 1. The standard InChI is InChI=1S/C92H164NO8P/c1-6-8-10-12-14-16-18-20-22-24-26-28-30-32-34-36-38-40-42-44-45-46-47-49-51-53-55-57-59-61-63-65-67-69-71-73-75-77-79-81-83-85-92(95)101-90(89-100-102(96,97)99-87-86-93(3,4)5)88-98-91(94)84-82-80-78-76-74-72-70-68-66-64-62-60-58-56-54-52-50-48-43-41-39-37-35-33-31-29-27-25-23-21-19-17-15-13-11-9-7-2/h8-11,14-17,20-23,26-29,32,34,38,40,90H,6-7,12-13,18-19,24-25,30-31,33,35-37,39,41-89H2,1-5H3/b10-8-,11-9-,16-14-,17-15-,22-20-,23-21-,28-26-,29-27-,34-32-,40-38-. The summed E-state index contributed by atoms with van der Waals surface area (Å²) in [7, 11) is 1.18. The van der Waals surface area contributed by atoms with Crippen molar-refractivity contribution in [3.8, 4) is 0 Å². The van der Waals surface area contributed by atoms with Gasteiger partial charge in [0.2, 0.25) is 0 Å². The molecule has 10 heteroatoms. The summed E-state index contributed by atoms with van der Waals surface area (Å²) in [5.74, 6) is -0.814. The van der Waals surface area contributed by atoms with Crippen LogP contribution in [-0.4, -0.2) is 70.0 Å². The molecule has 0 saturated heterocycles. The topological polar surface area (TPSA) is 111 Å². The Balaban J connectivity index is 3.89. The second-order valence-corrected chi connectivity index (χ2v) is 31.6. The smallest absolute Gasteiger partial charge is 0.306 e.